The topological polar surface area (TPSA) is 92.2 Å². The predicted molar refractivity (Wildman–Crippen MR) is 106 cm³/mol. The van der Waals surface area contributed by atoms with Crippen molar-refractivity contribution in [1.82, 2.24) is 25.0 Å². The van der Waals surface area contributed by atoms with Crippen LogP contribution in [0.25, 0.3) is 5.69 Å². The van der Waals surface area contributed by atoms with Gasteiger partial charge in [-0.05, 0) is 43.9 Å². The Morgan fingerprint density at radius 2 is 1.86 bits per heavy atom. The number of carbonyl (C=O) groups is 1. The quantitative estimate of drug-likeness (QED) is 0.649. The molecule has 3 rings (SSSR count). The van der Waals surface area contributed by atoms with Gasteiger partial charge >= 0.3 is 5.69 Å². The van der Waals surface area contributed by atoms with Crippen LogP contribution in [-0.2, 0) is 0 Å². The highest BCUT2D eigenvalue weighted by Gasteiger charge is 2.18. The van der Waals surface area contributed by atoms with Gasteiger partial charge in [0.25, 0.3) is 5.91 Å². The number of ether oxygens (including phenoxy) is 1. The Morgan fingerprint density at radius 3 is 2.46 bits per heavy atom. The molecule has 0 aliphatic heterocycles. The van der Waals surface area contributed by atoms with Crippen molar-refractivity contribution in [2.24, 2.45) is 0 Å². The van der Waals surface area contributed by atoms with Gasteiger partial charge < -0.3 is 15.0 Å². The number of benzene rings is 2. The largest absolute Gasteiger partial charge is 0.497 e. The second kappa shape index (κ2) is 8.53. The van der Waals surface area contributed by atoms with Gasteiger partial charge in [0.05, 0.1) is 18.8 Å². The van der Waals surface area contributed by atoms with Crippen LogP contribution in [0.4, 0.5) is 0 Å². The summed E-state index contributed by atoms with van der Waals surface area (Å²) in [6.07, 6.45) is 0. The van der Waals surface area contributed by atoms with Gasteiger partial charge in [-0.15, -0.1) is 5.10 Å². The predicted octanol–water partition coefficient (Wildman–Crippen LogP) is 1.60. The molecular formula is C20H23N5O3. The van der Waals surface area contributed by atoms with E-state index >= 15 is 0 Å². The first-order valence-electron chi connectivity index (χ1n) is 8.83. The molecule has 0 aliphatic carbocycles. The van der Waals surface area contributed by atoms with Gasteiger partial charge in [-0.1, -0.05) is 30.3 Å². The third-order valence-corrected chi connectivity index (χ3v) is 4.41. The molecule has 2 N–H and O–H groups in total. The fourth-order valence-corrected chi connectivity index (χ4v) is 2.87. The van der Waals surface area contributed by atoms with Crippen LogP contribution in [0.15, 0.2) is 59.4 Å². The summed E-state index contributed by atoms with van der Waals surface area (Å²) in [7, 11) is 5.49. The Kier molecular flexibility index (Phi) is 5.90. The fourth-order valence-electron chi connectivity index (χ4n) is 2.87. The van der Waals surface area contributed by atoms with Crippen LogP contribution in [0, 0.1) is 0 Å². The van der Waals surface area contributed by atoms with Crippen LogP contribution >= 0.6 is 0 Å². The molecule has 8 heteroatoms. The Hall–Kier alpha value is -3.39. The maximum Gasteiger partial charge on any atom is 0.348 e. The van der Waals surface area contributed by atoms with Crippen LogP contribution < -0.4 is 15.7 Å². The minimum atomic E-state index is -0.462. The number of nitrogens with zero attached hydrogens (tertiary/aromatic N) is 3. The van der Waals surface area contributed by atoms with Crippen molar-refractivity contribution in [2.75, 3.05) is 27.7 Å². The van der Waals surface area contributed by atoms with E-state index in [0.29, 0.717) is 12.2 Å². The van der Waals surface area contributed by atoms with E-state index in [2.05, 4.69) is 15.4 Å². The first-order chi connectivity index (χ1) is 13.5. The van der Waals surface area contributed by atoms with Crippen LogP contribution in [0.5, 0.6) is 5.75 Å². The molecule has 0 saturated heterocycles. The monoisotopic (exact) mass is 381 g/mol. The van der Waals surface area contributed by atoms with Gasteiger partial charge in [-0.25, -0.2) is 4.79 Å². The third-order valence-electron chi connectivity index (χ3n) is 4.41. The Balaban J connectivity index is 1.72. The summed E-state index contributed by atoms with van der Waals surface area (Å²) in [5.41, 5.74) is 1.16. The number of hydrogen-bond donors (Lipinski definition) is 2. The van der Waals surface area contributed by atoms with Gasteiger partial charge in [0.15, 0.2) is 0 Å². The number of likely N-dealkylation sites (N-methyl/N-ethyl adjacent to an activating group) is 1. The number of amides is 1. The van der Waals surface area contributed by atoms with Gasteiger partial charge in [-0.2, -0.15) is 4.68 Å². The van der Waals surface area contributed by atoms with Gasteiger partial charge in [0.1, 0.15) is 5.75 Å². The summed E-state index contributed by atoms with van der Waals surface area (Å²) in [5, 5.41) is 6.95. The number of carbonyl (C=O) groups excluding carboxylic acids is 1. The van der Waals surface area contributed by atoms with Crippen molar-refractivity contribution in [2.45, 2.75) is 6.04 Å². The van der Waals surface area contributed by atoms with Gasteiger partial charge in [-0.3, -0.25) is 9.78 Å². The molecule has 1 unspecified atom stereocenters. The van der Waals surface area contributed by atoms with Crippen molar-refractivity contribution in [1.29, 1.82) is 0 Å². The smallest absolute Gasteiger partial charge is 0.348 e. The summed E-state index contributed by atoms with van der Waals surface area (Å²) in [5.74, 6) is 0.308. The zero-order valence-electron chi connectivity index (χ0n) is 16.0. The standard InChI is InChI=1S/C20H23N5O3/c1-24(2)17(14-9-11-16(28-3)12-10-14)13-21-19(26)18-22-20(27)25(23-18)15-7-5-4-6-8-15/h4-12,17H,13H2,1-3H3,(H,21,26)(H,22,23,27). The Bertz CT molecular complexity index is 977. The van der Waals surface area contributed by atoms with Crippen LogP contribution in [-0.4, -0.2) is 53.3 Å². The lowest BCUT2D eigenvalue weighted by molar-refractivity contribution is 0.0931. The molecule has 146 valence electrons. The molecule has 1 aromatic heterocycles. The van der Waals surface area contributed by atoms with E-state index in [4.69, 9.17) is 4.74 Å². The van der Waals surface area contributed by atoms with E-state index in [1.165, 1.54) is 4.68 Å². The fraction of sp³-hybridized carbons (Fsp3) is 0.250. The second-order valence-corrected chi connectivity index (χ2v) is 6.49. The third kappa shape index (κ3) is 4.29. The lowest BCUT2D eigenvalue weighted by Crippen LogP contribution is -2.35. The van der Waals surface area contributed by atoms with E-state index < -0.39 is 11.6 Å². The highest BCUT2D eigenvalue weighted by Crippen LogP contribution is 2.20. The van der Waals surface area contributed by atoms with Crippen LogP contribution in [0.1, 0.15) is 22.2 Å². The van der Waals surface area contributed by atoms with E-state index in [1.54, 1.807) is 31.4 Å². The van der Waals surface area contributed by atoms with Crippen molar-refractivity contribution in [3.05, 3.63) is 76.5 Å². The summed E-state index contributed by atoms with van der Waals surface area (Å²) in [6, 6.07) is 16.6. The molecule has 0 saturated carbocycles. The first kappa shape index (κ1) is 19.4. The first-order valence-corrected chi connectivity index (χ1v) is 8.83. The maximum atomic E-state index is 12.5. The van der Waals surface area contributed by atoms with Crippen LogP contribution in [0.3, 0.4) is 0 Å². The summed E-state index contributed by atoms with van der Waals surface area (Å²) < 4.78 is 6.36. The number of aromatic amines is 1. The summed E-state index contributed by atoms with van der Waals surface area (Å²) >= 11 is 0. The van der Waals surface area contributed by atoms with E-state index in [1.807, 2.05) is 49.3 Å². The van der Waals surface area contributed by atoms with Crippen molar-refractivity contribution in [3.63, 3.8) is 0 Å². The minimum Gasteiger partial charge on any atom is -0.497 e. The highest BCUT2D eigenvalue weighted by molar-refractivity contribution is 5.90. The van der Waals surface area contributed by atoms with Crippen LogP contribution in [0.2, 0.25) is 0 Å². The number of methoxy groups -OCH3 is 1. The molecule has 1 heterocycles. The SMILES string of the molecule is COc1ccc(C(CNC(=O)c2nn(-c3ccccc3)c(=O)[nH]2)N(C)C)cc1. The normalized spacial score (nSPS) is 12.0. The maximum absolute atomic E-state index is 12.5. The zero-order chi connectivity index (χ0) is 20.1. The molecule has 0 bridgehead atoms. The Labute approximate surface area is 162 Å². The molecule has 1 atom stereocenters. The van der Waals surface area contributed by atoms with Crippen molar-refractivity contribution < 1.29 is 9.53 Å². The second-order valence-electron chi connectivity index (χ2n) is 6.49. The van der Waals surface area contributed by atoms with E-state index in [0.717, 1.165) is 11.3 Å². The molecule has 0 aliphatic rings. The number of H-pyrrole nitrogens is 1. The minimum absolute atomic E-state index is 0.0268. The zero-order valence-corrected chi connectivity index (χ0v) is 16.0. The molecule has 0 radical (unpaired) electrons. The number of hydrogen-bond acceptors (Lipinski definition) is 5. The molecule has 1 amide bonds. The number of aromatic nitrogens is 3. The highest BCUT2D eigenvalue weighted by atomic mass is 16.5. The lowest BCUT2D eigenvalue weighted by Gasteiger charge is -2.25. The van der Waals surface area contributed by atoms with E-state index in [-0.39, 0.29) is 11.9 Å². The molecule has 3 aromatic rings. The molecule has 2 aromatic carbocycles. The Morgan fingerprint density at radius 1 is 1.18 bits per heavy atom. The average molecular weight is 381 g/mol. The van der Waals surface area contributed by atoms with Crippen molar-refractivity contribution in [3.8, 4) is 11.4 Å². The molecule has 8 nitrogen and oxygen atoms in total. The number of rotatable bonds is 7. The summed E-state index contributed by atoms with van der Waals surface area (Å²) in [6.45, 7) is 0.360. The molecule has 0 fully saturated rings. The molecule has 0 spiro atoms. The average Bonchev–Trinajstić information content (AvgIpc) is 3.10. The summed E-state index contributed by atoms with van der Waals surface area (Å²) in [4.78, 5) is 29.1. The van der Waals surface area contributed by atoms with E-state index in [9.17, 15) is 9.59 Å². The molecule has 28 heavy (non-hydrogen) atoms. The van der Waals surface area contributed by atoms with Crippen molar-refractivity contribution >= 4 is 5.91 Å². The number of nitrogens with one attached hydrogen (secondary N) is 2. The molecular weight excluding hydrogens is 358 g/mol. The lowest BCUT2D eigenvalue weighted by atomic mass is 10.1. The number of para-hydroxylation sites is 1. The van der Waals surface area contributed by atoms with Gasteiger partial charge in [0.2, 0.25) is 5.82 Å². The van der Waals surface area contributed by atoms with Gasteiger partial charge in [0, 0.05) is 6.54 Å².